The van der Waals surface area contributed by atoms with E-state index in [1.165, 1.54) is 6.42 Å². The van der Waals surface area contributed by atoms with E-state index >= 15 is 0 Å². The minimum atomic E-state index is -0.0684. The summed E-state index contributed by atoms with van der Waals surface area (Å²) in [5, 5.41) is 3.59. The molecule has 1 atom stereocenters. The highest BCUT2D eigenvalue weighted by Crippen LogP contribution is 2.36. The average molecular weight is 260 g/mol. The number of hydrogen-bond acceptors (Lipinski definition) is 4. The zero-order chi connectivity index (χ0) is 13.3. The fourth-order valence-electron chi connectivity index (χ4n) is 2.97. The summed E-state index contributed by atoms with van der Waals surface area (Å²) in [6.45, 7) is 3.25. The molecule has 4 nitrogen and oxygen atoms in total. The molecule has 1 N–H and O–H groups in total. The molecular formula is C15H20N2O2. The van der Waals surface area contributed by atoms with Gasteiger partial charge in [-0.25, -0.2) is 4.98 Å². The first-order chi connectivity index (χ1) is 9.27. The maximum absolute atomic E-state index is 6.00. The second-order valence-electron chi connectivity index (χ2n) is 5.22. The lowest BCUT2D eigenvalue weighted by molar-refractivity contribution is 0.279. The summed E-state index contributed by atoms with van der Waals surface area (Å²) >= 11 is 0. The van der Waals surface area contributed by atoms with Crippen molar-refractivity contribution in [2.45, 2.75) is 38.1 Å². The summed E-state index contributed by atoms with van der Waals surface area (Å²) in [5.41, 5.74) is 1.64. The van der Waals surface area contributed by atoms with Crippen LogP contribution in [0.15, 0.2) is 22.6 Å². The number of methoxy groups -OCH3 is 1. The van der Waals surface area contributed by atoms with Gasteiger partial charge in [0.05, 0.1) is 12.6 Å². The average Bonchev–Trinajstić information content (AvgIpc) is 3.05. The van der Waals surface area contributed by atoms with Gasteiger partial charge in [0.2, 0.25) is 5.89 Å². The number of rotatable bonds is 4. The van der Waals surface area contributed by atoms with Gasteiger partial charge < -0.3 is 14.5 Å². The molecular weight excluding hydrogens is 240 g/mol. The second-order valence-corrected chi connectivity index (χ2v) is 5.22. The Morgan fingerprint density at radius 2 is 2.37 bits per heavy atom. The molecule has 2 aromatic rings. The number of ether oxygens (including phenoxy) is 1. The van der Waals surface area contributed by atoms with E-state index in [0.29, 0.717) is 0 Å². The molecule has 19 heavy (non-hydrogen) atoms. The van der Waals surface area contributed by atoms with E-state index in [4.69, 9.17) is 9.15 Å². The van der Waals surface area contributed by atoms with E-state index < -0.39 is 0 Å². The Balaban J connectivity index is 2.03. The minimum absolute atomic E-state index is 0.0684. The van der Waals surface area contributed by atoms with E-state index in [0.717, 1.165) is 48.5 Å². The molecule has 3 rings (SSSR count). The van der Waals surface area contributed by atoms with Crippen LogP contribution in [0.4, 0.5) is 0 Å². The summed E-state index contributed by atoms with van der Waals surface area (Å²) in [6, 6.07) is 5.78. The molecule has 1 unspecified atom stereocenters. The predicted octanol–water partition coefficient (Wildman–Crippen LogP) is 3.22. The number of benzene rings is 1. The number of nitrogens with zero attached hydrogens (tertiary/aromatic N) is 1. The first-order valence-corrected chi connectivity index (χ1v) is 6.97. The molecule has 1 fully saturated rings. The number of nitrogens with one attached hydrogen (secondary N) is 1. The molecule has 1 aliphatic rings. The van der Waals surface area contributed by atoms with Gasteiger partial charge in [0.15, 0.2) is 5.58 Å². The Morgan fingerprint density at radius 1 is 1.47 bits per heavy atom. The standard InChI is InChI=1S/C15H20N2O2/c1-3-7-15(8-4-9-16-15)14-17-12-6-5-11(18-2)10-13(12)19-14/h5-6,10,16H,3-4,7-9H2,1-2H3. The summed E-state index contributed by atoms with van der Waals surface area (Å²) < 4.78 is 11.2. The lowest BCUT2D eigenvalue weighted by Gasteiger charge is -2.25. The minimum Gasteiger partial charge on any atom is -0.497 e. The van der Waals surface area contributed by atoms with Crippen molar-refractivity contribution in [2.75, 3.05) is 13.7 Å². The van der Waals surface area contributed by atoms with Crippen molar-refractivity contribution in [1.82, 2.24) is 10.3 Å². The van der Waals surface area contributed by atoms with Crippen molar-refractivity contribution in [2.24, 2.45) is 0 Å². The van der Waals surface area contributed by atoms with Crippen molar-refractivity contribution >= 4 is 11.1 Å². The zero-order valence-corrected chi connectivity index (χ0v) is 11.5. The number of hydrogen-bond donors (Lipinski definition) is 1. The molecule has 0 aliphatic carbocycles. The summed E-state index contributed by atoms with van der Waals surface area (Å²) in [4.78, 5) is 4.68. The SMILES string of the molecule is CCCC1(c2nc3ccc(OC)cc3o2)CCCN1. The van der Waals surface area contributed by atoms with Crippen LogP contribution in [-0.4, -0.2) is 18.6 Å². The van der Waals surface area contributed by atoms with Crippen LogP contribution in [-0.2, 0) is 5.54 Å². The highest BCUT2D eigenvalue weighted by Gasteiger charge is 2.39. The van der Waals surface area contributed by atoms with Crippen LogP contribution in [0.3, 0.4) is 0 Å². The van der Waals surface area contributed by atoms with Gasteiger partial charge in [-0.2, -0.15) is 0 Å². The topological polar surface area (TPSA) is 47.3 Å². The molecule has 1 aromatic heterocycles. The molecule has 2 heterocycles. The highest BCUT2D eigenvalue weighted by atomic mass is 16.5. The molecule has 0 bridgehead atoms. The van der Waals surface area contributed by atoms with Crippen molar-refractivity contribution in [3.05, 3.63) is 24.1 Å². The number of aromatic nitrogens is 1. The third-order valence-corrected chi connectivity index (χ3v) is 3.93. The lowest BCUT2D eigenvalue weighted by Crippen LogP contribution is -2.36. The monoisotopic (exact) mass is 260 g/mol. The van der Waals surface area contributed by atoms with E-state index in [9.17, 15) is 0 Å². The molecule has 102 valence electrons. The molecule has 0 spiro atoms. The third-order valence-electron chi connectivity index (χ3n) is 3.93. The number of oxazole rings is 1. The van der Waals surface area contributed by atoms with Gasteiger partial charge in [-0.05, 0) is 37.9 Å². The smallest absolute Gasteiger partial charge is 0.215 e. The van der Waals surface area contributed by atoms with Crippen LogP contribution >= 0.6 is 0 Å². The highest BCUT2D eigenvalue weighted by molar-refractivity contribution is 5.74. The Bertz CT molecular complexity index is 571. The lowest BCUT2D eigenvalue weighted by atomic mass is 9.92. The fraction of sp³-hybridized carbons (Fsp3) is 0.533. The van der Waals surface area contributed by atoms with E-state index in [2.05, 4.69) is 17.2 Å². The van der Waals surface area contributed by atoms with Gasteiger partial charge >= 0.3 is 0 Å². The van der Waals surface area contributed by atoms with Crippen molar-refractivity contribution in [3.8, 4) is 5.75 Å². The van der Waals surface area contributed by atoms with Crippen LogP contribution < -0.4 is 10.1 Å². The Morgan fingerprint density at radius 3 is 3.05 bits per heavy atom. The van der Waals surface area contributed by atoms with Gasteiger partial charge in [0.25, 0.3) is 0 Å². The Kier molecular flexibility index (Phi) is 3.19. The van der Waals surface area contributed by atoms with Crippen LogP contribution in [0.2, 0.25) is 0 Å². The molecule has 1 aliphatic heterocycles. The van der Waals surface area contributed by atoms with Gasteiger partial charge in [0, 0.05) is 6.07 Å². The van der Waals surface area contributed by atoms with Gasteiger partial charge in [0.1, 0.15) is 11.3 Å². The Hall–Kier alpha value is -1.55. The molecule has 0 radical (unpaired) electrons. The Labute approximate surface area is 113 Å². The van der Waals surface area contributed by atoms with Crippen LogP contribution in [0.1, 0.15) is 38.5 Å². The van der Waals surface area contributed by atoms with Gasteiger partial charge in [-0.1, -0.05) is 13.3 Å². The molecule has 1 aromatic carbocycles. The zero-order valence-electron chi connectivity index (χ0n) is 11.5. The molecule has 1 saturated heterocycles. The van der Waals surface area contributed by atoms with E-state index in [-0.39, 0.29) is 5.54 Å². The summed E-state index contributed by atoms with van der Waals surface area (Å²) in [6.07, 6.45) is 4.47. The quantitative estimate of drug-likeness (QED) is 0.917. The van der Waals surface area contributed by atoms with Crippen LogP contribution in [0.25, 0.3) is 11.1 Å². The second kappa shape index (κ2) is 4.85. The van der Waals surface area contributed by atoms with Crippen LogP contribution in [0, 0.1) is 0 Å². The fourth-order valence-corrected chi connectivity index (χ4v) is 2.97. The van der Waals surface area contributed by atoms with Gasteiger partial charge in [-0.3, -0.25) is 0 Å². The largest absolute Gasteiger partial charge is 0.497 e. The summed E-state index contributed by atoms with van der Waals surface area (Å²) in [5.74, 6) is 1.63. The first-order valence-electron chi connectivity index (χ1n) is 6.97. The molecule has 0 saturated carbocycles. The molecule has 0 amide bonds. The number of fused-ring (bicyclic) bond motifs is 1. The maximum atomic E-state index is 6.00. The predicted molar refractivity (Wildman–Crippen MR) is 74.4 cm³/mol. The summed E-state index contributed by atoms with van der Waals surface area (Å²) in [7, 11) is 1.66. The van der Waals surface area contributed by atoms with E-state index in [1.54, 1.807) is 7.11 Å². The maximum Gasteiger partial charge on any atom is 0.215 e. The van der Waals surface area contributed by atoms with Gasteiger partial charge in [-0.15, -0.1) is 0 Å². The van der Waals surface area contributed by atoms with Crippen molar-refractivity contribution in [1.29, 1.82) is 0 Å². The van der Waals surface area contributed by atoms with Crippen molar-refractivity contribution in [3.63, 3.8) is 0 Å². The normalized spacial score (nSPS) is 23.1. The molecule has 4 heteroatoms. The van der Waals surface area contributed by atoms with Crippen molar-refractivity contribution < 1.29 is 9.15 Å². The van der Waals surface area contributed by atoms with Crippen LogP contribution in [0.5, 0.6) is 5.75 Å². The van der Waals surface area contributed by atoms with E-state index in [1.807, 2.05) is 18.2 Å². The first kappa shape index (κ1) is 12.5. The third kappa shape index (κ3) is 2.10.